The lowest BCUT2D eigenvalue weighted by Gasteiger charge is -2.36. The Balaban J connectivity index is 0.000000500. The highest BCUT2D eigenvalue weighted by atomic mass is 16.6. The molecule has 6 atom stereocenters. The third-order valence-electron chi connectivity index (χ3n) is 16.2. The SMILES string of the molecule is CCC(C)(C)C(=O)OC1(C)CC(=O)OC1(C)C.CCC(C)(C)C(=O)OC1(C)CC(C)(C)OC1=O.CCC(C)(C)C(=O)OC1(C)CCOC(=O)C1.CCC(C)(C)C(=O)OC1(C)CCOC1=O.CCC(C)(C)C(=O)OC1CC(C)OC1=O. The van der Waals surface area contributed by atoms with E-state index in [4.69, 9.17) is 47.4 Å². The fourth-order valence-corrected chi connectivity index (χ4v) is 7.25. The van der Waals surface area contributed by atoms with Crippen LogP contribution in [0.5, 0.6) is 0 Å². The van der Waals surface area contributed by atoms with Gasteiger partial charge in [0.05, 0.1) is 53.1 Å². The molecule has 80 heavy (non-hydrogen) atoms. The van der Waals surface area contributed by atoms with Gasteiger partial charge in [0.1, 0.15) is 22.9 Å². The van der Waals surface area contributed by atoms with Crippen molar-refractivity contribution in [1.82, 2.24) is 0 Å². The average Bonchev–Trinajstić information content (AvgIpc) is 3.97. The van der Waals surface area contributed by atoms with E-state index in [1.807, 2.05) is 90.0 Å². The molecule has 0 aliphatic carbocycles. The van der Waals surface area contributed by atoms with E-state index in [0.717, 1.165) is 0 Å². The van der Waals surface area contributed by atoms with Gasteiger partial charge in [-0.2, -0.15) is 0 Å². The number of carbonyl (C=O) groups is 10. The first kappa shape index (κ1) is 72.7. The summed E-state index contributed by atoms with van der Waals surface area (Å²) in [6, 6.07) is 0. The maximum absolute atomic E-state index is 12.1. The Morgan fingerprint density at radius 2 is 0.912 bits per heavy atom. The van der Waals surface area contributed by atoms with E-state index in [0.29, 0.717) is 71.0 Å². The Morgan fingerprint density at radius 1 is 0.500 bits per heavy atom. The van der Waals surface area contributed by atoms with Crippen LogP contribution >= 0.6 is 0 Å². The highest BCUT2D eigenvalue weighted by molar-refractivity contribution is 5.87. The number of cyclic esters (lactones) is 5. The number of esters is 10. The summed E-state index contributed by atoms with van der Waals surface area (Å²) in [4.78, 5) is 116. The maximum atomic E-state index is 12.1. The molecule has 0 amide bonds. The van der Waals surface area contributed by atoms with Gasteiger partial charge in [-0.05, 0) is 164 Å². The number of carbonyl (C=O) groups excluding carboxylic acids is 10. The highest BCUT2D eigenvalue weighted by Gasteiger charge is 2.56. The lowest BCUT2D eigenvalue weighted by molar-refractivity contribution is -0.185. The largest absolute Gasteiger partial charge is 0.465 e. The first-order valence-electron chi connectivity index (χ1n) is 28.2. The lowest BCUT2D eigenvalue weighted by Crippen LogP contribution is -2.49. The van der Waals surface area contributed by atoms with Crippen molar-refractivity contribution in [3.8, 4) is 0 Å². The molecule has 20 heteroatoms. The molecule has 0 aromatic heterocycles. The first-order chi connectivity index (χ1) is 36.0. The molecule has 0 aromatic carbocycles. The van der Waals surface area contributed by atoms with Crippen molar-refractivity contribution in [3.05, 3.63) is 0 Å². The summed E-state index contributed by atoms with van der Waals surface area (Å²) in [6.45, 7) is 44.2. The van der Waals surface area contributed by atoms with Gasteiger partial charge in [-0.25, -0.2) is 14.4 Å². The summed E-state index contributed by atoms with van der Waals surface area (Å²) >= 11 is 0. The fourth-order valence-electron chi connectivity index (χ4n) is 7.25. The van der Waals surface area contributed by atoms with Gasteiger partial charge < -0.3 is 47.4 Å². The Hall–Kier alpha value is -5.30. The van der Waals surface area contributed by atoms with Crippen LogP contribution in [0.4, 0.5) is 0 Å². The van der Waals surface area contributed by atoms with Crippen molar-refractivity contribution < 1.29 is 95.3 Å². The van der Waals surface area contributed by atoms with Gasteiger partial charge in [-0.15, -0.1) is 0 Å². The van der Waals surface area contributed by atoms with Gasteiger partial charge in [0, 0.05) is 25.7 Å². The van der Waals surface area contributed by atoms with E-state index < -0.39 is 84.7 Å². The maximum Gasteiger partial charge on any atom is 0.351 e. The number of hydrogen-bond donors (Lipinski definition) is 0. The third kappa shape index (κ3) is 20.0. The molecule has 0 bridgehead atoms. The van der Waals surface area contributed by atoms with E-state index in [1.54, 1.807) is 76.2 Å². The molecule has 0 saturated carbocycles. The molecule has 5 rings (SSSR count). The van der Waals surface area contributed by atoms with E-state index in [1.165, 1.54) is 0 Å². The van der Waals surface area contributed by atoms with Crippen LogP contribution in [0.1, 0.15) is 237 Å². The second kappa shape index (κ2) is 27.2. The standard InChI is InChI=1S/2C13H22O4.C12H20O4.2C11H18O4/c1-7-11(2,3)9(14)17-13(6)8-12(4,5)16-10(13)15;1-7-11(2,3)10(15)17-13(6)8-9(14)16-12(13,4)5;1-5-11(2,3)10(14)16-12(4)6-7-15-9(13)8-12;1-5-10(2,3)8(12)15-11(4)6-7-14-9(11)13;1-5-11(3,4)10(13)15-8-6-7(2)14-9(8)12/h2*7-8H2,1-6H3;5-8H2,1-4H3;5-7H2,1-4H3;7-8H,5-6H2,1-4H3. The molecule has 5 aliphatic heterocycles. The van der Waals surface area contributed by atoms with Gasteiger partial charge in [0.15, 0.2) is 5.60 Å². The molecule has 5 heterocycles. The number of rotatable bonds is 15. The van der Waals surface area contributed by atoms with Crippen LogP contribution in [0, 0.1) is 27.1 Å². The molecule has 20 nitrogen and oxygen atoms in total. The molecule has 0 aromatic rings. The average molecular weight is 1140 g/mol. The number of ether oxygens (including phenoxy) is 10. The van der Waals surface area contributed by atoms with Crippen LogP contribution in [0.2, 0.25) is 0 Å². The molecule has 6 unspecified atom stereocenters. The topological polar surface area (TPSA) is 263 Å². The van der Waals surface area contributed by atoms with Gasteiger partial charge in [0.2, 0.25) is 17.3 Å². The molecule has 0 radical (unpaired) electrons. The molecule has 0 spiro atoms. The third-order valence-corrected chi connectivity index (χ3v) is 16.2. The van der Waals surface area contributed by atoms with E-state index >= 15 is 0 Å². The second-order valence-electron chi connectivity index (χ2n) is 26.8. The molecule has 5 fully saturated rings. The monoisotopic (exact) mass is 1140 g/mol. The highest BCUT2D eigenvalue weighted by Crippen LogP contribution is 2.42. The van der Waals surface area contributed by atoms with E-state index in [9.17, 15) is 47.9 Å². The summed E-state index contributed by atoms with van der Waals surface area (Å²) in [5.41, 5.74) is -7.84. The van der Waals surface area contributed by atoms with Gasteiger partial charge in [-0.1, -0.05) is 34.6 Å². The van der Waals surface area contributed by atoms with Crippen molar-refractivity contribution in [2.45, 2.75) is 283 Å². The zero-order valence-electron chi connectivity index (χ0n) is 53.0. The minimum Gasteiger partial charge on any atom is -0.465 e. The van der Waals surface area contributed by atoms with Crippen molar-refractivity contribution in [2.24, 2.45) is 27.1 Å². The minimum absolute atomic E-state index is 0.117. The number of hydrogen-bond acceptors (Lipinski definition) is 20. The van der Waals surface area contributed by atoms with Crippen molar-refractivity contribution >= 4 is 59.7 Å². The zero-order chi connectivity index (χ0) is 62.7. The smallest absolute Gasteiger partial charge is 0.351 e. The summed E-state index contributed by atoms with van der Waals surface area (Å²) < 4.78 is 51.7. The summed E-state index contributed by atoms with van der Waals surface area (Å²) in [7, 11) is 0. The molecular formula is C60H100O20. The van der Waals surface area contributed by atoms with Crippen LogP contribution in [0.3, 0.4) is 0 Å². The normalized spacial score (nSPS) is 26.9. The van der Waals surface area contributed by atoms with Crippen LogP contribution in [0.25, 0.3) is 0 Å². The van der Waals surface area contributed by atoms with Crippen LogP contribution in [-0.2, 0) is 95.3 Å². The van der Waals surface area contributed by atoms with E-state index in [-0.39, 0.29) is 60.7 Å². The van der Waals surface area contributed by atoms with Crippen LogP contribution in [0.15, 0.2) is 0 Å². The molecular weight excluding hydrogens is 1040 g/mol. The van der Waals surface area contributed by atoms with Gasteiger partial charge >= 0.3 is 59.7 Å². The summed E-state index contributed by atoms with van der Waals surface area (Å²) in [5.74, 6) is -3.49. The Kier molecular flexibility index (Phi) is 24.7. The van der Waals surface area contributed by atoms with Crippen molar-refractivity contribution in [1.29, 1.82) is 0 Å². The van der Waals surface area contributed by atoms with Gasteiger partial charge in [-0.3, -0.25) is 33.6 Å². The van der Waals surface area contributed by atoms with Crippen LogP contribution < -0.4 is 0 Å². The van der Waals surface area contributed by atoms with Crippen molar-refractivity contribution in [3.63, 3.8) is 0 Å². The summed E-state index contributed by atoms with van der Waals surface area (Å²) in [5, 5.41) is 0. The molecule has 0 N–H and O–H groups in total. The predicted molar refractivity (Wildman–Crippen MR) is 294 cm³/mol. The molecule has 5 aliphatic rings. The zero-order valence-corrected chi connectivity index (χ0v) is 53.0. The molecule has 5 saturated heterocycles. The first-order valence-corrected chi connectivity index (χ1v) is 28.2. The van der Waals surface area contributed by atoms with Gasteiger partial charge in [0.25, 0.3) is 0 Å². The Morgan fingerprint density at radius 3 is 1.26 bits per heavy atom. The molecule has 460 valence electrons. The fraction of sp³-hybridized carbons (Fsp3) is 0.833. The predicted octanol–water partition coefficient (Wildman–Crippen LogP) is 10.3. The lowest BCUT2D eigenvalue weighted by atomic mass is 9.85. The minimum atomic E-state index is -1.15. The Labute approximate surface area is 476 Å². The quantitative estimate of drug-likeness (QED) is 0.109. The van der Waals surface area contributed by atoms with E-state index in [2.05, 4.69) is 0 Å². The van der Waals surface area contributed by atoms with Crippen LogP contribution in [-0.4, -0.2) is 119 Å². The Bertz CT molecular complexity index is 2250. The summed E-state index contributed by atoms with van der Waals surface area (Å²) in [6.07, 6.45) is 4.71. The second-order valence-corrected chi connectivity index (χ2v) is 26.8. The van der Waals surface area contributed by atoms with Crippen molar-refractivity contribution in [2.75, 3.05) is 13.2 Å².